The highest BCUT2D eigenvalue weighted by molar-refractivity contribution is 5.82. The van der Waals surface area contributed by atoms with Crippen molar-refractivity contribution in [3.63, 3.8) is 0 Å². The fourth-order valence-electron chi connectivity index (χ4n) is 2.53. The Morgan fingerprint density at radius 2 is 1.89 bits per heavy atom. The fraction of sp³-hybridized carbons (Fsp3) is 0.444. The third-order valence-electron chi connectivity index (χ3n) is 3.77. The predicted molar refractivity (Wildman–Crippen MR) is 79.8 cm³/mol. The summed E-state index contributed by atoms with van der Waals surface area (Å²) in [6, 6.07) is 16.5. The van der Waals surface area contributed by atoms with Crippen molar-refractivity contribution in [2.45, 2.75) is 46.0 Å². The molecule has 18 heavy (non-hydrogen) atoms. The van der Waals surface area contributed by atoms with E-state index in [1.54, 1.807) is 0 Å². The van der Waals surface area contributed by atoms with E-state index >= 15 is 0 Å². The first-order valence-corrected chi connectivity index (χ1v) is 7.23. The molecule has 0 nitrogen and oxygen atoms in total. The maximum atomic E-state index is 3.57. The summed E-state index contributed by atoms with van der Waals surface area (Å²) in [7, 11) is 0. The molecule has 0 amide bonds. The van der Waals surface area contributed by atoms with Crippen molar-refractivity contribution in [2.75, 3.05) is 0 Å². The molecule has 2 rings (SSSR count). The van der Waals surface area contributed by atoms with E-state index < -0.39 is 0 Å². The summed E-state index contributed by atoms with van der Waals surface area (Å²) in [6.07, 6.45) is 6.47. The molecule has 0 fully saturated rings. The van der Waals surface area contributed by atoms with Crippen molar-refractivity contribution in [2.24, 2.45) is 5.92 Å². The quantitative estimate of drug-likeness (QED) is 0.633. The molecule has 0 aliphatic rings. The molecule has 0 aliphatic carbocycles. The number of unbranched alkanes of at least 4 members (excludes halogenated alkanes) is 1. The van der Waals surface area contributed by atoms with Gasteiger partial charge in [-0.25, -0.2) is 0 Å². The summed E-state index contributed by atoms with van der Waals surface area (Å²) in [4.78, 5) is 0. The Labute approximate surface area is 111 Å². The minimum Gasteiger partial charge on any atom is -0.0654 e. The first kappa shape index (κ1) is 13.1. The normalized spacial score (nSPS) is 12.8. The van der Waals surface area contributed by atoms with Crippen LogP contribution in [0.2, 0.25) is 0 Å². The molecule has 2 aromatic rings. The molecule has 0 heteroatoms. The van der Waals surface area contributed by atoms with Gasteiger partial charge < -0.3 is 0 Å². The standard InChI is InChI=1S/C18H23/c1-3-5-8-15(4-2)13-16-11-12-17-9-6-7-10-18(17)14-16/h6-7,9-12,15H,3-5,8,13H2,1-2H3. The topological polar surface area (TPSA) is 0 Å². The van der Waals surface area contributed by atoms with Gasteiger partial charge in [0.25, 0.3) is 0 Å². The van der Waals surface area contributed by atoms with Gasteiger partial charge in [0, 0.05) is 0 Å². The second-order valence-corrected chi connectivity index (χ2v) is 5.19. The zero-order chi connectivity index (χ0) is 12.8. The van der Waals surface area contributed by atoms with Crippen LogP contribution in [0.3, 0.4) is 0 Å². The molecular weight excluding hydrogens is 216 g/mol. The van der Waals surface area contributed by atoms with Gasteiger partial charge in [0.05, 0.1) is 0 Å². The second kappa shape index (κ2) is 6.58. The zero-order valence-corrected chi connectivity index (χ0v) is 11.6. The lowest BCUT2D eigenvalue weighted by Gasteiger charge is -2.14. The number of benzene rings is 2. The Bertz CT molecular complexity index is 484. The molecule has 0 saturated carbocycles. The molecule has 0 spiro atoms. The summed E-state index contributed by atoms with van der Waals surface area (Å²) >= 11 is 0. The van der Waals surface area contributed by atoms with Crippen LogP contribution in [0.25, 0.3) is 10.8 Å². The highest BCUT2D eigenvalue weighted by Gasteiger charge is 2.07. The Balaban J connectivity index is 2.10. The van der Waals surface area contributed by atoms with E-state index in [2.05, 4.69) is 56.3 Å². The predicted octanol–water partition coefficient (Wildman–Crippen LogP) is 5.40. The van der Waals surface area contributed by atoms with Crippen LogP contribution in [0, 0.1) is 12.0 Å². The van der Waals surface area contributed by atoms with Gasteiger partial charge in [0.2, 0.25) is 0 Å². The lowest BCUT2D eigenvalue weighted by atomic mass is 9.91. The van der Waals surface area contributed by atoms with Crippen LogP contribution < -0.4 is 0 Å². The first-order valence-electron chi connectivity index (χ1n) is 7.23. The van der Waals surface area contributed by atoms with E-state index in [4.69, 9.17) is 0 Å². The summed E-state index contributed by atoms with van der Waals surface area (Å²) in [6.45, 7) is 4.58. The lowest BCUT2D eigenvalue weighted by Crippen LogP contribution is -2.03. The highest BCUT2D eigenvalue weighted by atomic mass is 14.1. The van der Waals surface area contributed by atoms with Crippen molar-refractivity contribution in [1.82, 2.24) is 0 Å². The van der Waals surface area contributed by atoms with Crippen molar-refractivity contribution in [3.05, 3.63) is 48.0 Å². The largest absolute Gasteiger partial charge is 0.0654 e. The van der Waals surface area contributed by atoms with Crippen LogP contribution in [0.5, 0.6) is 0 Å². The lowest BCUT2D eigenvalue weighted by molar-refractivity contribution is 0.449. The smallest absolute Gasteiger partial charge is 0.00642 e. The molecule has 0 saturated heterocycles. The molecule has 0 aromatic heterocycles. The maximum Gasteiger partial charge on any atom is -0.00642 e. The number of fused-ring (bicyclic) bond motifs is 1. The summed E-state index contributed by atoms with van der Waals surface area (Å²) < 4.78 is 0. The van der Waals surface area contributed by atoms with Crippen molar-refractivity contribution in [1.29, 1.82) is 0 Å². The molecule has 0 heterocycles. The average Bonchev–Trinajstić information content (AvgIpc) is 2.43. The van der Waals surface area contributed by atoms with Crippen LogP contribution in [-0.4, -0.2) is 0 Å². The molecule has 95 valence electrons. The van der Waals surface area contributed by atoms with Gasteiger partial charge in [-0.15, -0.1) is 0 Å². The van der Waals surface area contributed by atoms with Crippen LogP contribution >= 0.6 is 0 Å². The first-order chi connectivity index (χ1) is 8.83. The molecule has 1 radical (unpaired) electrons. The number of hydrogen-bond acceptors (Lipinski definition) is 0. The Morgan fingerprint density at radius 3 is 2.67 bits per heavy atom. The van der Waals surface area contributed by atoms with Crippen molar-refractivity contribution < 1.29 is 0 Å². The van der Waals surface area contributed by atoms with Crippen LogP contribution in [0.1, 0.15) is 45.1 Å². The number of rotatable bonds is 6. The van der Waals surface area contributed by atoms with Crippen LogP contribution in [0.15, 0.2) is 36.4 Å². The van der Waals surface area contributed by atoms with Gasteiger partial charge in [-0.1, -0.05) is 75.9 Å². The summed E-state index contributed by atoms with van der Waals surface area (Å²) in [5, 5.41) is 2.54. The monoisotopic (exact) mass is 239 g/mol. The zero-order valence-electron chi connectivity index (χ0n) is 11.6. The van der Waals surface area contributed by atoms with Gasteiger partial charge in [0.15, 0.2) is 0 Å². The SMILES string of the molecule is CCCCC(CC)Cc1[c]c2ccccc2cc1. The molecule has 1 atom stereocenters. The van der Waals surface area contributed by atoms with E-state index in [1.807, 2.05) is 0 Å². The minimum atomic E-state index is 0.822. The Morgan fingerprint density at radius 1 is 1.06 bits per heavy atom. The molecule has 1 unspecified atom stereocenters. The summed E-state index contributed by atoms with van der Waals surface area (Å²) in [5.74, 6) is 0.822. The van der Waals surface area contributed by atoms with E-state index in [0.29, 0.717) is 0 Å². The number of hydrogen-bond donors (Lipinski definition) is 0. The van der Waals surface area contributed by atoms with Crippen molar-refractivity contribution in [3.8, 4) is 0 Å². The van der Waals surface area contributed by atoms with E-state index in [1.165, 1.54) is 48.4 Å². The van der Waals surface area contributed by atoms with E-state index in [9.17, 15) is 0 Å². The highest BCUT2D eigenvalue weighted by Crippen LogP contribution is 2.21. The van der Waals surface area contributed by atoms with Crippen LogP contribution in [0.4, 0.5) is 0 Å². The minimum absolute atomic E-state index is 0.822. The molecular formula is C18H23. The van der Waals surface area contributed by atoms with Gasteiger partial charge in [-0.2, -0.15) is 0 Å². The third-order valence-corrected chi connectivity index (χ3v) is 3.77. The summed E-state index contributed by atoms with van der Waals surface area (Å²) in [5.41, 5.74) is 1.37. The van der Waals surface area contributed by atoms with E-state index in [-0.39, 0.29) is 0 Å². The van der Waals surface area contributed by atoms with Gasteiger partial charge in [-0.05, 0) is 34.7 Å². The second-order valence-electron chi connectivity index (χ2n) is 5.19. The average molecular weight is 239 g/mol. The molecule has 2 aromatic carbocycles. The molecule has 0 bridgehead atoms. The molecule has 0 N–H and O–H groups in total. The van der Waals surface area contributed by atoms with Crippen LogP contribution in [-0.2, 0) is 6.42 Å². The fourth-order valence-corrected chi connectivity index (χ4v) is 2.53. The van der Waals surface area contributed by atoms with E-state index in [0.717, 1.165) is 5.92 Å². The van der Waals surface area contributed by atoms with Gasteiger partial charge in [0.1, 0.15) is 0 Å². The van der Waals surface area contributed by atoms with Crippen molar-refractivity contribution >= 4 is 10.8 Å². The van der Waals surface area contributed by atoms with Gasteiger partial charge >= 0.3 is 0 Å². The molecule has 0 aliphatic heterocycles. The maximum absolute atomic E-state index is 3.57. The Hall–Kier alpha value is -1.30. The van der Waals surface area contributed by atoms with Gasteiger partial charge in [-0.3, -0.25) is 0 Å². The Kier molecular flexibility index (Phi) is 4.81. The third kappa shape index (κ3) is 3.35.